The number of rotatable bonds is 9. The van der Waals surface area contributed by atoms with Crippen LogP contribution in [0.2, 0.25) is 5.02 Å². The highest BCUT2D eigenvalue weighted by atomic mass is 35.5. The Balaban J connectivity index is 2.66. The van der Waals surface area contributed by atoms with Crippen LogP contribution in [0.5, 0.6) is 0 Å². The molecule has 0 atom stereocenters. The second kappa shape index (κ2) is 9.18. The number of benzene rings is 1. The summed E-state index contributed by atoms with van der Waals surface area (Å²) in [5, 5.41) is 6.12. The van der Waals surface area contributed by atoms with Crippen molar-refractivity contribution >= 4 is 17.3 Å². The molecule has 0 aromatic heterocycles. The van der Waals surface area contributed by atoms with Crippen molar-refractivity contribution in [3.05, 3.63) is 28.8 Å². The quantitative estimate of drug-likeness (QED) is 0.540. The van der Waals surface area contributed by atoms with Gasteiger partial charge in [0.1, 0.15) is 0 Å². The molecule has 1 rings (SSSR count). The van der Waals surface area contributed by atoms with Crippen molar-refractivity contribution in [2.24, 2.45) is 0 Å². The molecule has 0 radical (unpaired) electrons. The summed E-state index contributed by atoms with van der Waals surface area (Å²) < 4.78 is 0. The van der Waals surface area contributed by atoms with E-state index in [1.807, 2.05) is 17.2 Å². The van der Waals surface area contributed by atoms with Crippen LogP contribution in [0.1, 0.15) is 38.7 Å². The molecule has 1 aromatic carbocycles. The van der Waals surface area contributed by atoms with Gasteiger partial charge in [0.05, 0.1) is 7.11 Å². The molecule has 0 amide bonds. The van der Waals surface area contributed by atoms with Gasteiger partial charge in [-0.25, -0.2) is 0 Å². The van der Waals surface area contributed by atoms with Crippen LogP contribution >= 0.6 is 11.6 Å². The summed E-state index contributed by atoms with van der Waals surface area (Å²) >= 11 is 6.17. The van der Waals surface area contributed by atoms with Crippen molar-refractivity contribution < 1.29 is 4.84 Å². The second-order valence-electron chi connectivity index (χ2n) is 4.67. The molecule has 0 aliphatic rings. The number of anilines is 1. The van der Waals surface area contributed by atoms with Gasteiger partial charge < -0.3 is 10.2 Å². The van der Waals surface area contributed by atoms with Gasteiger partial charge in [0.2, 0.25) is 0 Å². The lowest BCUT2D eigenvalue weighted by atomic mass is 10.2. The van der Waals surface area contributed by atoms with Gasteiger partial charge in [0.25, 0.3) is 0 Å². The fourth-order valence-corrected chi connectivity index (χ4v) is 2.20. The summed E-state index contributed by atoms with van der Waals surface area (Å²) in [4.78, 5) is 5.34. The molecule has 0 aliphatic heterocycles. The SMILES string of the molecule is CCCCNc1cc(Cl)cc(CN(CCC)OC)c1. The third kappa shape index (κ3) is 6.28. The Hall–Kier alpha value is -0.770. The maximum absolute atomic E-state index is 6.17. The summed E-state index contributed by atoms with van der Waals surface area (Å²) in [6.45, 7) is 6.99. The van der Waals surface area contributed by atoms with Crippen LogP contribution in [0.4, 0.5) is 5.69 Å². The first-order chi connectivity index (χ1) is 9.19. The fraction of sp³-hybridized carbons (Fsp3) is 0.600. The van der Waals surface area contributed by atoms with E-state index < -0.39 is 0 Å². The molecular weight excluding hydrogens is 260 g/mol. The van der Waals surface area contributed by atoms with E-state index in [9.17, 15) is 0 Å². The first-order valence-electron chi connectivity index (χ1n) is 7.02. The minimum absolute atomic E-state index is 0.757. The average molecular weight is 285 g/mol. The predicted molar refractivity (Wildman–Crippen MR) is 82.6 cm³/mol. The third-order valence-corrected chi connectivity index (χ3v) is 3.13. The second-order valence-corrected chi connectivity index (χ2v) is 5.11. The van der Waals surface area contributed by atoms with Gasteiger partial charge in [0.15, 0.2) is 0 Å². The molecule has 0 fully saturated rings. The Morgan fingerprint density at radius 3 is 2.63 bits per heavy atom. The largest absolute Gasteiger partial charge is 0.385 e. The van der Waals surface area contributed by atoms with Crippen molar-refractivity contribution in [2.45, 2.75) is 39.7 Å². The summed E-state index contributed by atoms with van der Waals surface area (Å²) in [5.74, 6) is 0. The summed E-state index contributed by atoms with van der Waals surface area (Å²) in [5.41, 5.74) is 2.25. The zero-order chi connectivity index (χ0) is 14.1. The lowest BCUT2D eigenvalue weighted by Gasteiger charge is -2.19. The summed E-state index contributed by atoms with van der Waals surface area (Å²) in [7, 11) is 1.71. The molecule has 1 N–H and O–H groups in total. The zero-order valence-corrected chi connectivity index (χ0v) is 13.0. The molecule has 4 heteroatoms. The van der Waals surface area contributed by atoms with Crippen molar-refractivity contribution in [1.82, 2.24) is 5.06 Å². The highest BCUT2D eigenvalue weighted by Crippen LogP contribution is 2.20. The fourth-order valence-electron chi connectivity index (χ4n) is 1.94. The molecule has 19 heavy (non-hydrogen) atoms. The molecule has 0 bridgehead atoms. The van der Waals surface area contributed by atoms with E-state index in [0.29, 0.717) is 0 Å². The highest BCUT2D eigenvalue weighted by Gasteiger charge is 2.06. The van der Waals surface area contributed by atoms with Crippen LogP contribution in [-0.2, 0) is 11.4 Å². The molecule has 0 spiro atoms. The maximum Gasteiger partial charge on any atom is 0.0575 e. The normalized spacial score (nSPS) is 11.0. The minimum atomic E-state index is 0.757. The molecule has 0 unspecified atom stereocenters. The predicted octanol–water partition coefficient (Wildman–Crippen LogP) is 4.33. The minimum Gasteiger partial charge on any atom is -0.385 e. The van der Waals surface area contributed by atoms with E-state index in [-0.39, 0.29) is 0 Å². The van der Waals surface area contributed by atoms with E-state index in [2.05, 4.69) is 25.2 Å². The maximum atomic E-state index is 6.17. The Bertz CT molecular complexity index is 371. The van der Waals surface area contributed by atoms with Gasteiger partial charge in [-0.2, -0.15) is 5.06 Å². The van der Waals surface area contributed by atoms with Crippen LogP contribution in [0.3, 0.4) is 0 Å². The highest BCUT2D eigenvalue weighted by molar-refractivity contribution is 6.30. The lowest BCUT2D eigenvalue weighted by Crippen LogP contribution is -2.22. The number of unbranched alkanes of at least 4 members (excludes halogenated alkanes) is 1. The summed E-state index contributed by atoms with van der Waals surface area (Å²) in [6, 6.07) is 6.11. The number of nitrogens with zero attached hydrogens (tertiary/aromatic N) is 1. The molecule has 0 saturated heterocycles. The third-order valence-electron chi connectivity index (χ3n) is 2.91. The van der Waals surface area contributed by atoms with Crippen molar-refractivity contribution in [2.75, 3.05) is 25.5 Å². The molecule has 108 valence electrons. The van der Waals surface area contributed by atoms with E-state index in [0.717, 1.165) is 36.8 Å². The van der Waals surface area contributed by atoms with Crippen molar-refractivity contribution in [3.63, 3.8) is 0 Å². The van der Waals surface area contributed by atoms with Gasteiger partial charge in [-0.1, -0.05) is 31.9 Å². The smallest absolute Gasteiger partial charge is 0.0575 e. The summed E-state index contributed by atoms with van der Waals surface area (Å²) in [6.07, 6.45) is 3.42. The topological polar surface area (TPSA) is 24.5 Å². The Kier molecular flexibility index (Phi) is 7.87. The van der Waals surface area contributed by atoms with Gasteiger partial charge in [0, 0.05) is 30.3 Å². The molecule has 1 aromatic rings. The number of nitrogens with one attached hydrogen (secondary N) is 1. The van der Waals surface area contributed by atoms with Crippen molar-refractivity contribution in [3.8, 4) is 0 Å². The number of hydrogen-bond donors (Lipinski definition) is 1. The molecule has 3 nitrogen and oxygen atoms in total. The average Bonchev–Trinajstić information content (AvgIpc) is 2.38. The zero-order valence-electron chi connectivity index (χ0n) is 12.2. The molecule has 0 heterocycles. The van der Waals surface area contributed by atoms with Crippen LogP contribution in [-0.4, -0.2) is 25.3 Å². The van der Waals surface area contributed by atoms with Crippen LogP contribution in [0.15, 0.2) is 18.2 Å². The lowest BCUT2D eigenvalue weighted by molar-refractivity contribution is -0.138. The Morgan fingerprint density at radius 2 is 2.00 bits per heavy atom. The van der Waals surface area contributed by atoms with Gasteiger partial charge in [-0.3, -0.25) is 0 Å². The molecular formula is C15H25ClN2O. The van der Waals surface area contributed by atoms with Crippen LogP contribution in [0.25, 0.3) is 0 Å². The Morgan fingerprint density at radius 1 is 1.21 bits per heavy atom. The first-order valence-corrected chi connectivity index (χ1v) is 7.39. The van der Waals surface area contributed by atoms with Gasteiger partial charge >= 0.3 is 0 Å². The number of hydrogen-bond acceptors (Lipinski definition) is 3. The van der Waals surface area contributed by atoms with E-state index in [1.54, 1.807) is 7.11 Å². The first kappa shape index (κ1) is 16.3. The number of hydroxylamine groups is 2. The van der Waals surface area contributed by atoms with E-state index in [4.69, 9.17) is 16.4 Å². The number of halogens is 1. The standard InChI is InChI=1S/C15H25ClN2O/c1-4-6-7-17-15-10-13(9-14(16)11-15)12-18(19-3)8-5-2/h9-11,17H,4-8,12H2,1-3H3. The van der Waals surface area contributed by atoms with E-state index >= 15 is 0 Å². The molecule has 0 aliphatic carbocycles. The van der Waals surface area contributed by atoms with Crippen LogP contribution < -0.4 is 5.32 Å². The van der Waals surface area contributed by atoms with Crippen molar-refractivity contribution in [1.29, 1.82) is 0 Å². The van der Waals surface area contributed by atoms with E-state index in [1.165, 1.54) is 18.4 Å². The van der Waals surface area contributed by atoms with Gasteiger partial charge in [-0.05, 0) is 36.6 Å². The monoisotopic (exact) mass is 284 g/mol. The Labute approximate surface area is 121 Å². The molecule has 0 saturated carbocycles. The van der Waals surface area contributed by atoms with Gasteiger partial charge in [-0.15, -0.1) is 0 Å². The van der Waals surface area contributed by atoms with Crippen LogP contribution in [0, 0.1) is 0 Å².